The Hall–Kier alpha value is -2.06. The number of ether oxygens (including phenoxy) is 1. The van der Waals surface area contributed by atoms with Crippen molar-refractivity contribution in [1.82, 2.24) is 0 Å². The van der Waals surface area contributed by atoms with Crippen LogP contribution in [0.15, 0.2) is 11.6 Å². The molecule has 3 fully saturated rings. The van der Waals surface area contributed by atoms with Crippen molar-refractivity contribution >= 4 is 23.7 Å². The Morgan fingerprint density at radius 2 is 1.75 bits per heavy atom. The van der Waals surface area contributed by atoms with Gasteiger partial charge in [0.25, 0.3) is 0 Å². The number of fused-ring (bicyclic) bond motifs is 5. The number of hydrogen-bond acceptors (Lipinski definition) is 7. The third-order valence-corrected chi connectivity index (χ3v) is 10.2. The lowest BCUT2D eigenvalue weighted by molar-refractivity contribution is -0.184. The molecule has 8 nitrogen and oxygen atoms in total. The number of rotatable bonds is 8. The van der Waals surface area contributed by atoms with Gasteiger partial charge < -0.3 is 20.1 Å². The number of aliphatic carboxylic acids is 1. The molecule has 200 valence electrons. The lowest BCUT2D eigenvalue weighted by Gasteiger charge is -2.60. The van der Waals surface area contributed by atoms with Crippen LogP contribution in [0, 0.1) is 28.6 Å². The fourth-order valence-electron chi connectivity index (χ4n) is 8.25. The van der Waals surface area contributed by atoms with E-state index in [-0.39, 0.29) is 48.2 Å². The summed E-state index contributed by atoms with van der Waals surface area (Å²) in [5, 5.41) is 31.8. The first kappa shape index (κ1) is 27.0. The van der Waals surface area contributed by atoms with Crippen LogP contribution in [0.4, 0.5) is 0 Å². The molecule has 7 atom stereocenters. The van der Waals surface area contributed by atoms with Crippen molar-refractivity contribution in [3.8, 4) is 0 Å². The van der Waals surface area contributed by atoms with Gasteiger partial charge in [0.15, 0.2) is 5.78 Å². The summed E-state index contributed by atoms with van der Waals surface area (Å²) in [6.45, 7) is 4.15. The number of aliphatic hydroxyl groups excluding tert-OH is 1. The Bertz CT molecular complexity index is 955. The Balaban J connectivity index is 1.40. The van der Waals surface area contributed by atoms with Crippen molar-refractivity contribution in [3.63, 3.8) is 0 Å². The summed E-state index contributed by atoms with van der Waals surface area (Å²) in [6, 6.07) is 0. The van der Waals surface area contributed by atoms with Gasteiger partial charge >= 0.3 is 17.9 Å². The molecule has 0 unspecified atom stereocenters. The first-order valence-electron chi connectivity index (χ1n) is 13.5. The van der Waals surface area contributed by atoms with Gasteiger partial charge in [-0.1, -0.05) is 25.8 Å². The van der Waals surface area contributed by atoms with Gasteiger partial charge in [-0.05, 0) is 80.6 Å². The van der Waals surface area contributed by atoms with Crippen LogP contribution in [0.3, 0.4) is 0 Å². The number of carbonyl (C=O) groups is 4. The Labute approximate surface area is 212 Å². The first-order chi connectivity index (χ1) is 16.9. The lowest BCUT2D eigenvalue weighted by Crippen LogP contribution is -2.60. The molecule has 8 heteroatoms. The molecular weight excluding hydrogens is 464 g/mol. The van der Waals surface area contributed by atoms with E-state index in [0.717, 1.165) is 31.3 Å². The molecule has 0 aliphatic heterocycles. The molecule has 0 amide bonds. The normalized spacial score (nSPS) is 39.4. The predicted octanol–water partition coefficient (Wildman–Crippen LogP) is 3.72. The molecule has 0 saturated heterocycles. The molecule has 4 aliphatic carbocycles. The molecule has 0 aromatic rings. The highest BCUT2D eigenvalue weighted by Gasteiger charge is 2.66. The second-order valence-electron chi connectivity index (χ2n) is 12.1. The lowest BCUT2D eigenvalue weighted by atomic mass is 9.45. The second-order valence-corrected chi connectivity index (χ2v) is 12.1. The molecule has 0 radical (unpaired) electrons. The highest BCUT2D eigenvalue weighted by molar-refractivity contribution is 5.91. The summed E-state index contributed by atoms with van der Waals surface area (Å²) in [5.74, 6) is -1.75. The van der Waals surface area contributed by atoms with Crippen molar-refractivity contribution in [3.05, 3.63) is 11.6 Å². The topological polar surface area (TPSA) is 138 Å². The zero-order chi connectivity index (χ0) is 26.3. The Kier molecular flexibility index (Phi) is 7.50. The number of unbranched alkanes of at least 4 members (excludes halogenated alkanes) is 2. The summed E-state index contributed by atoms with van der Waals surface area (Å²) >= 11 is 0. The fraction of sp³-hybridized carbons (Fsp3) is 0.786. The molecule has 0 bridgehead atoms. The van der Waals surface area contributed by atoms with E-state index in [2.05, 4.69) is 6.92 Å². The van der Waals surface area contributed by atoms with Gasteiger partial charge in [-0.2, -0.15) is 0 Å². The van der Waals surface area contributed by atoms with Crippen LogP contribution in [-0.2, 0) is 23.9 Å². The zero-order valence-corrected chi connectivity index (χ0v) is 21.5. The van der Waals surface area contributed by atoms with E-state index in [1.807, 2.05) is 6.92 Å². The predicted molar refractivity (Wildman–Crippen MR) is 129 cm³/mol. The van der Waals surface area contributed by atoms with Crippen LogP contribution < -0.4 is 0 Å². The quantitative estimate of drug-likeness (QED) is 0.258. The average Bonchev–Trinajstić information content (AvgIpc) is 3.03. The SMILES string of the molecule is C[C@]12CCC(=O)C=C1CC[C@@H]1[C@@H]2[C@@H](O)C[C@@]2(C)[C@H]1CC[C@]2(O)CC(=O)OC(=O)CCCCCC(=O)O. The number of aliphatic hydroxyl groups is 2. The van der Waals surface area contributed by atoms with Crippen LogP contribution in [0.25, 0.3) is 0 Å². The molecule has 0 spiro atoms. The largest absolute Gasteiger partial charge is 0.481 e. The number of esters is 2. The smallest absolute Gasteiger partial charge is 0.316 e. The van der Waals surface area contributed by atoms with Crippen molar-refractivity contribution in [2.24, 2.45) is 28.6 Å². The van der Waals surface area contributed by atoms with Crippen LogP contribution in [0.2, 0.25) is 0 Å². The highest BCUT2D eigenvalue weighted by Crippen LogP contribution is 2.68. The monoisotopic (exact) mass is 504 g/mol. The van der Waals surface area contributed by atoms with Gasteiger partial charge in [0.2, 0.25) is 0 Å². The minimum absolute atomic E-state index is 0.0284. The molecule has 3 N–H and O–H groups in total. The minimum Gasteiger partial charge on any atom is -0.481 e. The molecule has 4 aliphatic rings. The highest BCUT2D eigenvalue weighted by atomic mass is 16.6. The molecule has 0 aromatic heterocycles. The van der Waals surface area contributed by atoms with Gasteiger partial charge in [-0.15, -0.1) is 0 Å². The van der Waals surface area contributed by atoms with E-state index < -0.39 is 35.0 Å². The number of carboxylic acids is 1. The summed E-state index contributed by atoms with van der Waals surface area (Å²) in [6.07, 6.45) is 6.87. The molecule has 4 rings (SSSR count). The van der Waals surface area contributed by atoms with Gasteiger partial charge in [0.1, 0.15) is 0 Å². The average molecular weight is 505 g/mol. The standard InChI is InChI=1S/C28H40O8/c1-26-12-10-18(29)14-17(26)8-9-19-20-11-13-28(35,27(20,2)15-21(30)25(19)26)16-24(34)36-23(33)7-5-3-4-6-22(31)32/h14,19-21,25,30,35H,3-13,15-16H2,1-2H3,(H,31,32)/t19-,20-,21-,25+,26-,27-,28-/m0/s1. The van der Waals surface area contributed by atoms with Crippen molar-refractivity contribution in [1.29, 1.82) is 0 Å². The number of hydrogen-bond donors (Lipinski definition) is 3. The molecule has 3 saturated carbocycles. The van der Waals surface area contributed by atoms with Gasteiger partial charge in [-0.3, -0.25) is 19.2 Å². The minimum atomic E-state index is -1.36. The van der Waals surface area contributed by atoms with Gasteiger partial charge in [-0.25, -0.2) is 0 Å². The van der Waals surface area contributed by atoms with Crippen molar-refractivity contribution in [2.45, 2.75) is 109 Å². The summed E-state index contributed by atoms with van der Waals surface area (Å²) in [4.78, 5) is 47.4. The van der Waals surface area contributed by atoms with E-state index in [0.29, 0.717) is 38.5 Å². The third kappa shape index (κ3) is 4.78. The summed E-state index contributed by atoms with van der Waals surface area (Å²) in [7, 11) is 0. The van der Waals surface area contributed by atoms with Crippen molar-refractivity contribution < 1.29 is 39.2 Å². The Morgan fingerprint density at radius 3 is 2.47 bits per heavy atom. The number of carboxylic acid groups (broad SMARTS) is 1. The van der Waals surface area contributed by atoms with E-state index in [1.165, 1.54) is 0 Å². The maximum Gasteiger partial charge on any atom is 0.316 e. The molecule has 0 aromatic carbocycles. The molecule has 0 heterocycles. The van der Waals surface area contributed by atoms with E-state index in [9.17, 15) is 29.4 Å². The Morgan fingerprint density at radius 1 is 1.03 bits per heavy atom. The zero-order valence-electron chi connectivity index (χ0n) is 21.5. The number of allylic oxidation sites excluding steroid dienone is 1. The van der Waals surface area contributed by atoms with Crippen LogP contribution in [0.1, 0.15) is 97.3 Å². The van der Waals surface area contributed by atoms with E-state index in [1.54, 1.807) is 6.08 Å². The van der Waals surface area contributed by atoms with Crippen LogP contribution >= 0.6 is 0 Å². The van der Waals surface area contributed by atoms with Crippen LogP contribution in [-0.4, -0.2) is 50.7 Å². The van der Waals surface area contributed by atoms with Gasteiger partial charge in [0.05, 0.1) is 18.1 Å². The van der Waals surface area contributed by atoms with Gasteiger partial charge in [0, 0.05) is 24.7 Å². The summed E-state index contributed by atoms with van der Waals surface area (Å²) in [5.41, 5.74) is -1.09. The molecular formula is C28H40O8. The third-order valence-electron chi connectivity index (χ3n) is 10.2. The maximum absolute atomic E-state index is 12.7. The van der Waals surface area contributed by atoms with E-state index in [4.69, 9.17) is 9.84 Å². The number of ketones is 1. The van der Waals surface area contributed by atoms with Crippen molar-refractivity contribution in [2.75, 3.05) is 0 Å². The summed E-state index contributed by atoms with van der Waals surface area (Å²) < 4.78 is 5.00. The fourth-order valence-corrected chi connectivity index (χ4v) is 8.25. The van der Waals surface area contributed by atoms with Crippen LogP contribution in [0.5, 0.6) is 0 Å². The maximum atomic E-state index is 12.7. The molecule has 36 heavy (non-hydrogen) atoms. The second kappa shape index (κ2) is 10.0. The first-order valence-corrected chi connectivity index (χ1v) is 13.5. The number of carbonyl (C=O) groups excluding carboxylic acids is 3. The van der Waals surface area contributed by atoms with E-state index >= 15 is 0 Å².